The fourth-order valence-corrected chi connectivity index (χ4v) is 1.98. The summed E-state index contributed by atoms with van der Waals surface area (Å²) in [5, 5.41) is 0. The molecule has 1 aromatic carbocycles. The van der Waals surface area contributed by atoms with Crippen LogP contribution in [0.1, 0.15) is 18.4 Å². The summed E-state index contributed by atoms with van der Waals surface area (Å²) in [7, 11) is 0. The average Bonchev–Trinajstić information content (AvgIpc) is 2.25. The highest BCUT2D eigenvalue weighted by Crippen LogP contribution is 2.25. The van der Waals surface area contributed by atoms with E-state index < -0.39 is 12.6 Å². The molecule has 0 unspecified atom stereocenters. The molecule has 0 saturated carbocycles. The highest BCUT2D eigenvalue weighted by atomic mass is 79.9. The molecule has 1 aromatic rings. The van der Waals surface area contributed by atoms with Crippen LogP contribution < -0.4 is 4.74 Å². The molecule has 0 aliphatic carbocycles. The van der Waals surface area contributed by atoms with Crippen LogP contribution in [-0.4, -0.2) is 12.8 Å². The first-order chi connectivity index (χ1) is 7.92. The van der Waals surface area contributed by atoms with Gasteiger partial charge in [0.2, 0.25) is 0 Å². The van der Waals surface area contributed by atoms with Crippen molar-refractivity contribution >= 4 is 27.5 Å². The number of ether oxygens (including phenoxy) is 1. The van der Waals surface area contributed by atoms with Crippen molar-refractivity contribution in [1.82, 2.24) is 0 Å². The monoisotopic (exact) mass is 330 g/mol. The Morgan fingerprint density at radius 2 is 2.00 bits per heavy atom. The van der Waals surface area contributed by atoms with Crippen molar-refractivity contribution in [2.45, 2.75) is 24.9 Å². The number of benzene rings is 1. The molecule has 1 nitrogen and oxygen atoms in total. The largest absolute Gasteiger partial charge is 0.494 e. The molecule has 1 rings (SSSR count). The maximum absolute atomic E-state index is 11.9. The molecule has 6 heteroatoms. The first-order valence-electron chi connectivity index (χ1n) is 4.96. The molecular formula is C11H11BrClF3O. The molecule has 0 fully saturated rings. The first kappa shape index (κ1) is 14.6. The Hall–Kier alpha value is -0.420. The predicted molar refractivity (Wildman–Crippen MR) is 64.5 cm³/mol. The van der Waals surface area contributed by atoms with Crippen LogP contribution in [0.3, 0.4) is 0 Å². The molecular weight excluding hydrogens is 320 g/mol. The Morgan fingerprint density at radius 1 is 1.29 bits per heavy atom. The fraction of sp³-hybridized carbons (Fsp3) is 0.455. The smallest absolute Gasteiger partial charge is 0.389 e. The zero-order valence-corrected chi connectivity index (χ0v) is 11.2. The normalized spacial score (nSPS) is 11.6. The number of alkyl halides is 4. The minimum atomic E-state index is -4.12. The van der Waals surface area contributed by atoms with Crippen molar-refractivity contribution in [3.05, 3.63) is 28.2 Å². The molecule has 17 heavy (non-hydrogen) atoms. The van der Waals surface area contributed by atoms with Crippen molar-refractivity contribution in [1.29, 1.82) is 0 Å². The van der Waals surface area contributed by atoms with E-state index in [4.69, 9.17) is 16.3 Å². The van der Waals surface area contributed by atoms with Gasteiger partial charge in [-0.15, -0.1) is 11.6 Å². The van der Waals surface area contributed by atoms with Crippen LogP contribution in [0.5, 0.6) is 5.75 Å². The van der Waals surface area contributed by atoms with Crippen LogP contribution in [0.4, 0.5) is 13.2 Å². The SMILES string of the molecule is FC(F)(F)CCCOc1ccc(Br)c(CCl)c1. The Labute approximate surface area is 111 Å². The van der Waals surface area contributed by atoms with Crippen molar-refractivity contribution in [2.75, 3.05) is 6.61 Å². The molecule has 0 spiro atoms. The molecule has 0 saturated heterocycles. The van der Waals surface area contributed by atoms with Crippen LogP contribution >= 0.6 is 27.5 Å². The summed E-state index contributed by atoms with van der Waals surface area (Å²) in [6.45, 7) is 0.0445. The molecule has 0 amide bonds. The number of halogens is 5. The van der Waals surface area contributed by atoms with Gasteiger partial charge in [0.05, 0.1) is 6.61 Å². The third-order valence-corrected chi connectivity index (χ3v) is 3.10. The molecule has 0 N–H and O–H groups in total. The highest BCUT2D eigenvalue weighted by Gasteiger charge is 2.26. The van der Waals surface area contributed by atoms with Gasteiger partial charge in [-0.3, -0.25) is 0 Å². The third-order valence-electron chi connectivity index (χ3n) is 2.03. The van der Waals surface area contributed by atoms with Gasteiger partial charge in [0.15, 0.2) is 0 Å². The van der Waals surface area contributed by atoms with Gasteiger partial charge in [-0.1, -0.05) is 15.9 Å². The van der Waals surface area contributed by atoms with Gasteiger partial charge in [0.1, 0.15) is 5.75 Å². The molecule has 0 aromatic heterocycles. The van der Waals surface area contributed by atoms with E-state index in [-0.39, 0.29) is 13.0 Å². The molecule has 0 radical (unpaired) electrons. The number of rotatable bonds is 5. The van der Waals surface area contributed by atoms with E-state index in [2.05, 4.69) is 15.9 Å². The van der Waals surface area contributed by atoms with Crippen molar-refractivity contribution < 1.29 is 17.9 Å². The predicted octanol–water partition coefficient (Wildman–Crippen LogP) is 4.91. The second-order valence-electron chi connectivity index (χ2n) is 3.45. The molecule has 0 bridgehead atoms. The lowest BCUT2D eigenvalue weighted by atomic mass is 10.2. The summed E-state index contributed by atoms with van der Waals surface area (Å²) in [5.41, 5.74) is 0.847. The average molecular weight is 332 g/mol. The summed E-state index contributed by atoms with van der Waals surface area (Å²) in [5.74, 6) is 0.853. The Kier molecular flexibility index (Phi) is 5.59. The molecule has 0 aliphatic heterocycles. The summed E-state index contributed by atoms with van der Waals surface area (Å²) in [6, 6.07) is 5.16. The van der Waals surface area contributed by atoms with E-state index in [9.17, 15) is 13.2 Å². The summed E-state index contributed by atoms with van der Waals surface area (Å²) < 4.78 is 41.7. The maximum Gasteiger partial charge on any atom is 0.389 e. The van der Waals surface area contributed by atoms with Gasteiger partial charge in [0, 0.05) is 16.8 Å². The summed E-state index contributed by atoms with van der Waals surface area (Å²) >= 11 is 9.00. The van der Waals surface area contributed by atoms with Gasteiger partial charge in [-0.25, -0.2) is 0 Å². The molecule has 0 heterocycles. The zero-order valence-electron chi connectivity index (χ0n) is 8.86. The molecule has 96 valence electrons. The van der Waals surface area contributed by atoms with E-state index in [1.807, 2.05) is 0 Å². The quantitative estimate of drug-likeness (QED) is 0.550. The lowest BCUT2D eigenvalue weighted by molar-refractivity contribution is -0.136. The fourth-order valence-electron chi connectivity index (χ4n) is 1.21. The standard InChI is InChI=1S/C11H11BrClF3O/c12-10-3-2-9(6-8(10)7-13)17-5-1-4-11(14,15)16/h2-3,6H,1,4-5,7H2. The number of hydrogen-bond acceptors (Lipinski definition) is 1. The maximum atomic E-state index is 11.9. The van der Waals surface area contributed by atoms with Crippen molar-refractivity contribution in [3.63, 3.8) is 0 Å². The molecule has 0 atom stereocenters. The lowest BCUT2D eigenvalue weighted by Gasteiger charge is -2.09. The van der Waals surface area contributed by atoms with E-state index in [0.29, 0.717) is 11.6 Å². The summed E-state index contributed by atoms with van der Waals surface area (Å²) in [4.78, 5) is 0. The van der Waals surface area contributed by atoms with Gasteiger partial charge in [-0.05, 0) is 30.2 Å². The van der Waals surface area contributed by atoms with Gasteiger partial charge in [-0.2, -0.15) is 13.2 Å². The Bertz CT molecular complexity index is 368. The Morgan fingerprint density at radius 3 is 2.59 bits per heavy atom. The topological polar surface area (TPSA) is 9.23 Å². The van der Waals surface area contributed by atoms with Crippen molar-refractivity contribution in [3.8, 4) is 5.75 Å². The lowest BCUT2D eigenvalue weighted by Crippen LogP contribution is -2.09. The van der Waals surface area contributed by atoms with E-state index in [1.54, 1.807) is 18.2 Å². The van der Waals surface area contributed by atoms with E-state index >= 15 is 0 Å². The minimum Gasteiger partial charge on any atom is -0.494 e. The van der Waals surface area contributed by atoms with Crippen molar-refractivity contribution in [2.24, 2.45) is 0 Å². The van der Waals surface area contributed by atoms with Crippen LogP contribution in [0.25, 0.3) is 0 Å². The number of hydrogen-bond donors (Lipinski definition) is 0. The summed E-state index contributed by atoms with van der Waals surface area (Å²) in [6.07, 6.45) is -4.99. The second-order valence-corrected chi connectivity index (χ2v) is 4.58. The van der Waals surface area contributed by atoms with Gasteiger partial charge < -0.3 is 4.74 Å². The van der Waals surface area contributed by atoms with Crippen LogP contribution in [-0.2, 0) is 5.88 Å². The first-order valence-corrected chi connectivity index (χ1v) is 6.29. The second kappa shape index (κ2) is 6.50. The third kappa shape index (κ3) is 5.64. The van der Waals surface area contributed by atoms with E-state index in [1.165, 1.54) is 0 Å². The zero-order chi connectivity index (χ0) is 12.9. The Balaban J connectivity index is 2.42. The molecule has 0 aliphatic rings. The van der Waals surface area contributed by atoms with Crippen LogP contribution in [0.15, 0.2) is 22.7 Å². The minimum absolute atomic E-state index is 0.0445. The van der Waals surface area contributed by atoms with Crippen LogP contribution in [0.2, 0.25) is 0 Å². The highest BCUT2D eigenvalue weighted by molar-refractivity contribution is 9.10. The van der Waals surface area contributed by atoms with Gasteiger partial charge >= 0.3 is 6.18 Å². The van der Waals surface area contributed by atoms with Gasteiger partial charge in [0.25, 0.3) is 0 Å². The van der Waals surface area contributed by atoms with Crippen LogP contribution in [0, 0.1) is 0 Å². The van der Waals surface area contributed by atoms with E-state index in [0.717, 1.165) is 10.0 Å².